The average molecular weight is 571 g/mol. The van der Waals surface area contributed by atoms with E-state index >= 15 is 0 Å². The Labute approximate surface area is 242 Å². The van der Waals surface area contributed by atoms with Crippen molar-refractivity contribution in [1.82, 2.24) is 20.2 Å². The molecular formula is C32H31FN4O5. The number of aromatic amines is 1. The number of likely N-dealkylation sites (tertiary alicyclic amines) is 1. The summed E-state index contributed by atoms with van der Waals surface area (Å²) >= 11 is 0. The van der Waals surface area contributed by atoms with Crippen LogP contribution in [0.15, 0.2) is 73.1 Å². The molecule has 0 bridgehead atoms. The Morgan fingerprint density at radius 1 is 1.07 bits per heavy atom. The number of carbonyl (C=O) groups excluding carboxylic acids is 3. The molecule has 1 aliphatic heterocycles. The first-order valence-electron chi connectivity index (χ1n) is 13.7. The second-order valence-corrected chi connectivity index (χ2v) is 10.4. The normalized spacial score (nSPS) is 14.5. The molecule has 1 aliphatic rings. The molecule has 9 nitrogen and oxygen atoms in total. The number of hydrogen-bond acceptors (Lipinski definition) is 6. The lowest BCUT2D eigenvalue weighted by molar-refractivity contribution is -0.129. The van der Waals surface area contributed by atoms with E-state index < -0.39 is 12.0 Å². The monoisotopic (exact) mass is 570 g/mol. The quantitative estimate of drug-likeness (QED) is 0.265. The Morgan fingerprint density at radius 2 is 1.88 bits per heavy atom. The van der Waals surface area contributed by atoms with Gasteiger partial charge in [-0.05, 0) is 54.8 Å². The molecule has 1 atom stereocenters. The summed E-state index contributed by atoms with van der Waals surface area (Å²) in [5.74, 6) is -0.00328. The van der Waals surface area contributed by atoms with Crippen molar-refractivity contribution < 1.29 is 28.6 Å². The second-order valence-electron chi connectivity index (χ2n) is 10.4. The number of hydrogen-bond donors (Lipinski definition) is 3. The minimum atomic E-state index is -0.512. The molecule has 1 saturated heterocycles. The number of β-amino-alcohol motifs (C(OH)–C–C–N with tert-alkyl or cyclic N) is 1. The van der Waals surface area contributed by atoms with Gasteiger partial charge in [-0.3, -0.25) is 19.4 Å². The number of benzene rings is 2. The van der Waals surface area contributed by atoms with Crippen molar-refractivity contribution in [3.63, 3.8) is 0 Å². The number of pyridine rings is 1. The Balaban J connectivity index is 1.15. The SMILES string of the molecule is Cc1ccc(F)c(CC(=O)Cc2ccc(Oc3ccnc(-c4cc(C(=O)NCC(=O)N5CC[C@H](O)C5)c[nH]4)c3)cc2)c1. The van der Waals surface area contributed by atoms with E-state index in [2.05, 4.69) is 15.3 Å². The molecule has 0 unspecified atom stereocenters. The van der Waals surface area contributed by atoms with Gasteiger partial charge in [0.05, 0.1) is 29.6 Å². The van der Waals surface area contributed by atoms with Gasteiger partial charge >= 0.3 is 0 Å². The standard InChI is InChI=1S/C32H31FN4O5/c1-20-2-7-28(33)22(12-20)14-25(39)13-21-3-5-26(6-4-21)42-27-8-10-34-30(16-27)29-15-23(17-35-29)32(41)36-18-31(40)37-11-9-24(38)19-37/h2-8,10,12,15-17,24,35,38H,9,11,13-14,18-19H2,1H3,(H,36,41)/t24-/m0/s1. The number of nitrogens with one attached hydrogen (secondary N) is 2. The van der Waals surface area contributed by atoms with Crippen molar-refractivity contribution in [3.8, 4) is 22.9 Å². The average Bonchev–Trinajstić information content (AvgIpc) is 3.65. The molecule has 4 aromatic rings. The van der Waals surface area contributed by atoms with E-state index in [4.69, 9.17) is 4.74 Å². The maximum absolute atomic E-state index is 14.0. The first kappa shape index (κ1) is 28.7. The number of aryl methyl sites for hydroxylation is 1. The summed E-state index contributed by atoms with van der Waals surface area (Å²) in [5.41, 5.74) is 3.61. The molecule has 2 aromatic heterocycles. The van der Waals surface area contributed by atoms with E-state index in [0.29, 0.717) is 47.0 Å². The molecule has 216 valence electrons. The third-order valence-electron chi connectivity index (χ3n) is 7.02. The first-order chi connectivity index (χ1) is 20.2. The minimum absolute atomic E-state index is 0.0371. The smallest absolute Gasteiger partial charge is 0.253 e. The number of rotatable bonds is 10. The van der Waals surface area contributed by atoms with Crippen LogP contribution in [0.1, 0.15) is 33.5 Å². The first-order valence-corrected chi connectivity index (χ1v) is 13.7. The molecule has 2 aromatic carbocycles. The molecule has 1 fully saturated rings. The van der Waals surface area contributed by atoms with E-state index in [1.54, 1.807) is 60.8 Å². The fraction of sp³-hybridized carbons (Fsp3) is 0.250. The number of ether oxygens (including phenoxy) is 1. The van der Waals surface area contributed by atoms with Crippen LogP contribution >= 0.6 is 0 Å². The van der Waals surface area contributed by atoms with Gasteiger partial charge in [0.1, 0.15) is 23.1 Å². The number of aliphatic hydroxyl groups excluding tert-OH is 1. The third kappa shape index (κ3) is 7.27. The maximum Gasteiger partial charge on any atom is 0.253 e. The molecule has 0 radical (unpaired) electrons. The van der Waals surface area contributed by atoms with Gasteiger partial charge in [0.25, 0.3) is 5.91 Å². The van der Waals surface area contributed by atoms with Gasteiger partial charge in [-0.1, -0.05) is 29.8 Å². The number of ketones is 1. The molecule has 3 N–H and O–H groups in total. The highest BCUT2D eigenvalue weighted by Gasteiger charge is 2.24. The van der Waals surface area contributed by atoms with E-state index in [-0.39, 0.29) is 43.4 Å². The number of aliphatic hydroxyl groups is 1. The molecule has 0 spiro atoms. The zero-order valence-corrected chi connectivity index (χ0v) is 23.1. The summed E-state index contributed by atoms with van der Waals surface area (Å²) in [6, 6.07) is 16.9. The summed E-state index contributed by atoms with van der Waals surface area (Å²) in [5, 5.41) is 12.2. The van der Waals surface area contributed by atoms with Gasteiger partial charge in [-0.2, -0.15) is 0 Å². The molecule has 3 heterocycles. The largest absolute Gasteiger partial charge is 0.457 e. The highest BCUT2D eigenvalue weighted by atomic mass is 19.1. The van der Waals surface area contributed by atoms with Gasteiger partial charge in [-0.15, -0.1) is 0 Å². The summed E-state index contributed by atoms with van der Waals surface area (Å²) in [7, 11) is 0. The maximum atomic E-state index is 14.0. The van der Waals surface area contributed by atoms with Crippen LogP contribution in [-0.2, 0) is 22.4 Å². The number of carbonyl (C=O) groups is 3. The Kier molecular flexibility index (Phi) is 8.73. The van der Waals surface area contributed by atoms with E-state index in [1.807, 2.05) is 6.92 Å². The van der Waals surface area contributed by atoms with Crippen LogP contribution in [0.5, 0.6) is 11.5 Å². The number of Topliss-reactive ketones (excluding diaryl/α,β-unsaturated/α-hetero) is 1. The molecule has 0 saturated carbocycles. The van der Waals surface area contributed by atoms with Crippen LogP contribution in [0.4, 0.5) is 4.39 Å². The fourth-order valence-corrected chi connectivity index (χ4v) is 4.79. The lowest BCUT2D eigenvalue weighted by Gasteiger charge is -2.15. The Bertz CT molecular complexity index is 1600. The number of aromatic nitrogens is 2. The summed E-state index contributed by atoms with van der Waals surface area (Å²) in [6.45, 7) is 2.48. The predicted molar refractivity (Wildman–Crippen MR) is 154 cm³/mol. The highest BCUT2D eigenvalue weighted by Crippen LogP contribution is 2.26. The van der Waals surface area contributed by atoms with Crippen LogP contribution in [0.25, 0.3) is 11.4 Å². The fourth-order valence-electron chi connectivity index (χ4n) is 4.79. The molecular weight excluding hydrogens is 539 g/mol. The van der Waals surface area contributed by atoms with E-state index in [1.165, 1.54) is 17.2 Å². The van der Waals surface area contributed by atoms with Gasteiger partial charge in [0.2, 0.25) is 5.91 Å². The van der Waals surface area contributed by atoms with Crippen LogP contribution in [0, 0.1) is 12.7 Å². The zero-order chi connectivity index (χ0) is 29.6. The van der Waals surface area contributed by atoms with Crippen LogP contribution in [-0.4, -0.2) is 63.3 Å². The zero-order valence-electron chi connectivity index (χ0n) is 23.1. The van der Waals surface area contributed by atoms with Crippen LogP contribution in [0.2, 0.25) is 0 Å². The lowest BCUT2D eigenvalue weighted by atomic mass is 10.0. The molecule has 5 rings (SSSR count). The molecule has 10 heteroatoms. The lowest BCUT2D eigenvalue weighted by Crippen LogP contribution is -2.39. The summed E-state index contributed by atoms with van der Waals surface area (Å²) < 4.78 is 20.0. The number of nitrogens with zero attached hydrogens (tertiary/aromatic N) is 2. The number of H-pyrrole nitrogens is 1. The van der Waals surface area contributed by atoms with Crippen molar-refractivity contribution in [2.45, 2.75) is 32.3 Å². The predicted octanol–water partition coefficient (Wildman–Crippen LogP) is 3.99. The number of amides is 2. The highest BCUT2D eigenvalue weighted by molar-refractivity contribution is 5.97. The van der Waals surface area contributed by atoms with Crippen molar-refractivity contribution >= 4 is 17.6 Å². The van der Waals surface area contributed by atoms with E-state index in [9.17, 15) is 23.9 Å². The van der Waals surface area contributed by atoms with Gasteiger partial charge < -0.3 is 25.0 Å². The summed E-state index contributed by atoms with van der Waals surface area (Å²) in [4.78, 5) is 46.2. The second kappa shape index (κ2) is 12.8. The Morgan fingerprint density at radius 3 is 2.64 bits per heavy atom. The third-order valence-corrected chi connectivity index (χ3v) is 7.02. The van der Waals surface area contributed by atoms with E-state index in [0.717, 1.165) is 11.1 Å². The van der Waals surface area contributed by atoms with Crippen molar-refractivity contribution in [3.05, 3.63) is 101 Å². The number of halogens is 1. The minimum Gasteiger partial charge on any atom is -0.457 e. The Hall–Kier alpha value is -4.83. The molecule has 2 amide bonds. The van der Waals surface area contributed by atoms with Gasteiger partial charge in [0, 0.05) is 44.4 Å². The van der Waals surface area contributed by atoms with Gasteiger partial charge in [0.15, 0.2) is 0 Å². The van der Waals surface area contributed by atoms with Gasteiger partial charge in [-0.25, -0.2) is 4.39 Å². The van der Waals surface area contributed by atoms with Crippen molar-refractivity contribution in [1.29, 1.82) is 0 Å². The van der Waals surface area contributed by atoms with Crippen LogP contribution < -0.4 is 10.1 Å². The molecule has 42 heavy (non-hydrogen) atoms. The summed E-state index contributed by atoms with van der Waals surface area (Å²) in [6.07, 6.45) is 3.38. The topological polar surface area (TPSA) is 125 Å². The van der Waals surface area contributed by atoms with Crippen LogP contribution in [0.3, 0.4) is 0 Å². The van der Waals surface area contributed by atoms with Crippen molar-refractivity contribution in [2.75, 3.05) is 19.6 Å². The van der Waals surface area contributed by atoms with Crippen molar-refractivity contribution in [2.24, 2.45) is 0 Å². The molecule has 0 aliphatic carbocycles.